The Hall–Kier alpha value is -2.04. The molecule has 0 amide bonds. The summed E-state index contributed by atoms with van der Waals surface area (Å²) in [7, 11) is 0. The van der Waals surface area contributed by atoms with Crippen molar-refractivity contribution in [3.8, 4) is 0 Å². The summed E-state index contributed by atoms with van der Waals surface area (Å²) < 4.78 is 0. The van der Waals surface area contributed by atoms with Crippen molar-refractivity contribution in [1.82, 2.24) is 9.88 Å². The van der Waals surface area contributed by atoms with E-state index in [0.717, 1.165) is 43.9 Å². The van der Waals surface area contributed by atoms with Crippen LogP contribution in [0.15, 0.2) is 65.6 Å². The zero-order valence-electron chi connectivity index (χ0n) is 14.6. The first-order valence-electron chi connectivity index (χ1n) is 8.78. The summed E-state index contributed by atoms with van der Waals surface area (Å²) in [5.74, 6) is 0. The normalized spacial score (nSPS) is 15.6. The average molecular weight is 350 g/mol. The molecule has 2 aromatic carbocycles. The molecule has 128 valence electrons. The van der Waals surface area contributed by atoms with Crippen molar-refractivity contribution in [2.24, 2.45) is 0 Å². The highest BCUT2D eigenvalue weighted by molar-refractivity contribution is 7.98. The van der Waals surface area contributed by atoms with E-state index < -0.39 is 0 Å². The SMILES string of the molecule is CSc1ccccc1N1CCN(Cc2ccc3ccccc3n2)CC1. The monoisotopic (exact) mass is 349 g/mol. The number of nitrogens with zero attached hydrogens (tertiary/aromatic N) is 3. The van der Waals surface area contributed by atoms with Gasteiger partial charge in [-0.3, -0.25) is 9.88 Å². The number of pyridine rings is 1. The smallest absolute Gasteiger partial charge is 0.0705 e. The van der Waals surface area contributed by atoms with E-state index in [4.69, 9.17) is 4.98 Å². The quantitative estimate of drug-likeness (QED) is 0.655. The number of thioether (sulfide) groups is 1. The number of piperazine rings is 1. The van der Waals surface area contributed by atoms with Gasteiger partial charge in [-0.1, -0.05) is 36.4 Å². The first kappa shape index (κ1) is 16.4. The highest BCUT2D eigenvalue weighted by Crippen LogP contribution is 2.29. The van der Waals surface area contributed by atoms with Crippen LogP contribution in [0.5, 0.6) is 0 Å². The summed E-state index contributed by atoms with van der Waals surface area (Å²) in [4.78, 5) is 11.2. The van der Waals surface area contributed by atoms with Gasteiger partial charge < -0.3 is 4.90 Å². The number of benzene rings is 2. The van der Waals surface area contributed by atoms with Gasteiger partial charge in [-0.15, -0.1) is 11.8 Å². The number of aromatic nitrogens is 1. The molecule has 0 saturated carbocycles. The molecule has 0 aliphatic carbocycles. The van der Waals surface area contributed by atoms with Crippen molar-refractivity contribution in [2.45, 2.75) is 11.4 Å². The highest BCUT2D eigenvalue weighted by Gasteiger charge is 2.19. The number of hydrogen-bond donors (Lipinski definition) is 0. The highest BCUT2D eigenvalue weighted by atomic mass is 32.2. The minimum absolute atomic E-state index is 0.933. The predicted molar refractivity (Wildman–Crippen MR) is 107 cm³/mol. The third kappa shape index (κ3) is 3.65. The first-order valence-corrected chi connectivity index (χ1v) is 10.0. The fourth-order valence-corrected chi connectivity index (χ4v) is 4.08. The Labute approximate surface area is 153 Å². The van der Waals surface area contributed by atoms with Crippen LogP contribution in [0.4, 0.5) is 5.69 Å². The molecule has 3 aromatic rings. The second kappa shape index (κ2) is 7.46. The summed E-state index contributed by atoms with van der Waals surface area (Å²) in [6.07, 6.45) is 2.15. The van der Waals surface area contributed by atoms with Crippen LogP contribution >= 0.6 is 11.8 Å². The van der Waals surface area contributed by atoms with Gasteiger partial charge in [0.05, 0.1) is 16.9 Å². The summed E-state index contributed by atoms with van der Waals surface area (Å²) in [6, 6.07) is 21.4. The van der Waals surface area contributed by atoms with Gasteiger partial charge in [0.25, 0.3) is 0 Å². The van der Waals surface area contributed by atoms with Gasteiger partial charge in [0, 0.05) is 43.0 Å². The molecule has 1 fully saturated rings. The lowest BCUT2D eigenvalue weighted by Crippen LogP contribution is -2.46. The standard InChI is InChI=1S/C21H23N3S/c1-25-21-9-5-4-8-20(21)24-14-12-23(13-15-24)16-18-11-10-17-6-2-3-7-19(17)22-18/h2-11H,12-16H2,1H3. The van der Waals surface area contributed by atoms with Crippen LogP contribution in [0.25, 0.3) is 10.9 Å². The number of para-hydroxylation sites is 2. The van der Waals surface area contributed by atoms with E-state index in [2.05, 4.69) is 76.7 Å². The second-order valence-electron chi connectivity index (χ2n) is 6.43. The van der Waals surface area contributed by atoms with Crippen molar-refractivity contribution < 1.29 is 0 Å². The Morgan fingerprint density at radius 3 is 2.48 bits per heavy atom. The summed E-state index contributed by atoms with van der Waals surface area (Å²) in [5, 5.41) is 1.21. The molecule has 0 radical (unpaired) electrons. The van der Waals surface area contributed by atoms with Crippen LogP contribution in [0, 0.1) is 0 Å². The molecule has 0 unspecified atom stereocenters. The van der Waals surface area contributed by atoms with Crippen LogP contribution in [-0.2, 0) is 6.54 Å². The molecule has 1 aliphatic rings. The maximum absolute atomic E-state index is 4.82. The minimum atomic E-state index is 0.933. The lowest BCUT2D eigenvalue weighted by atomic mass is 10.2. The fourth-order valence-electron chi connectivity index (χ4n) is 3.46. The molecule has 1 aliphatic heterocycles. The fraction of sp³-hybridized carbons (Fsp3) is 0.286. The molecule has 1 aromatic heterocycles. The van der Waals surface area contributed by atoms with E-state index in [1.165, 1.54) is 16.0 Å². The van der Waals surface area contributed by atoms with Crippen LogP contribution in [0.3, 0.4) is 0 Å². The molecule has 0 spiro atoms. The van der Waals surface area contributed by atoms with Crippen LogP contribution < -0.4 is 4.90 Å². The first-order chi connectivity index (χ1) is 12.3. The number of fused-ring (bicyclic) bond motifs is 1. The molecule has 4 rings (SSSR count). The Bertz CT molecular complexity index is 856. The van der Waals surface area contributed by atoms with Crippen LogP contribution in [0.1, 0.15) is 5.69 Å². The zero-order chi connectivity index (χ0) is 17.1. The Kier molecular flexibility index (Phi) is 4.90. The molecule has 4 heteroatoms. The molecule has 2 heterocycles. The second-order valence-corrected chi connectivity index (χ2v) is 7.28. The number of anilines is 1. The Morgan fingerprint density at radius 1 is 0.880 bits per heavy atom. The van der Waals surface area contributed by atoms with E-state index >= 15 is 0 Å². The molecular weight excluding hydrogens is 326 g/mol. The average Bonchev–Trinajstić information content (AvgIpc) is 2.68. The lowest BCUT2D eigenvalue weighted by molar-refractivity contribution is 0.247. The maximum atomic E-state index is 4.82. The zero-order valence-corrected chi connectivity index (χ0v) is 15.4. The van der Waals surface area contributed by atoms with Crippen molar-refractivity contribution in [2.75, 3.05) is 37.3 Å². The lowest BCUT2D eigenvalue weighted by Gasteiger charge is -2.36. The summed E-state index contributed by atoms with van der Waals surface area (Å²) >= 11 is 1.83. The topological polar surface area (TPSA) is 19.4 Å². The largest absolute Gasteiger partial charge is 0.368 e. The molecule has 0 atom stereocenters. The third-order valence-corrected chi connectivity index (χ3v) is 5.62. The van der Waals surface area contributed by atoms with Gasteiger partial charge in [0.15, 0.2) is 0 Å². The van der Waals surface area contributed by atoms with Crippen molar-refractivity contribution in [3.05, 3.63) is 66.4 Å². The van der Waals surface area contributed by atoms with Gasteiger partial charge in [-0.2, -0.15) is 0 Å². The van der Waals surface area contributed by atoms with E-state index in [0.29, 0.717) is 0 Å². The van der Waals surface area contributed by atoms with E-state index in [1.54, 1.807) is 0 Å². The van der Waals surface area contributed by atoms with Gasteiger partial charge in [-0.25, -0.2) is 0 Å². The van der Waals surface area contributed by atoms with E-state index in [-0.39, 0.29) is 0 Å². The number of hydrogen-bond acceptors (Lipinski definition) is 4. The third-order valence-electron chi connectivity index (χ3n) is 4.84. The minimum Gasteiger partial charge on any atom is -0.368 e. The maximum Gasteiger partial charge on any atom is 0.0705 e. The van der Waals surface area contributed by atoms with Crippen LogP contribution in [0.2, 0.25) is 0 Å². The number of rotatable bonds is 4. The Morgan fingerprint density at radius 2 is 1.64 bits per heavy atom. The molecule has 3 nitrogen and oxygen atoms in total. The predicted octanol–water partition coefficient (Wildman–Crippen LogP) is 4.28. The van der Waals surface area contributed by atoms with Crippen molar-refractivity contribution >= 4 is 28.4 Å². The van der Waals surface area contributed by atoms with E-state index in [1.807, 2.05) is 11.8 Å². The van der Waals surface area contributed by atoms with Gasteiger partial charge in [-0.05, 0) is 30.5 Å². The van der Waals surface area contributed by atoms with Crippen molar-refractivity contribution in [3.63, 3.8) is 0 Å². The molecule has 0 N–H and O–H groups in total. The van der Waals surface area contributed by atoms with E-state index in [9.17, 15) is 0 Å². The van der Waals surface area contributed by atoms with Gasteiger partial charge in [0.1, 0.15) is 0 Å². The summed E-state index contributed by atoms with van der Waals surface area (Å²) in [6.45, 7) is 5.24. The molecule has 25 heavy (non-hydrogen) atoms. The van der Waals surface area contributed by atoms with Gasteiger partial charge in [0.2, 0.25) is 0 Å². The molecule has 1 saturated heterocycles. The molecular formula is C21H23N3S. The van der Waals surface area contributed by atoms with Crippen molar-refractivity contribution in [1.29, 1.82) is 0 Å². The Balaban J connectivity index is 1.41. The summed E-state index contributed by atoms with van der Waals surface area (Å²) in [5.41, 5.74) is 3.63. The van der Waals surface area contributed by atoms with Crippen LogP contribution in [-0.4, -0.2) is 42.3 Å². The molecule has 0 bridgehead atoms. The van der Waals surface area contributed by atoms with Gasteiger partial charge >= 0.3 is 0 Å².